The smallest absolute Gasteiger partial charge is 0.141 e. The van der Waals surface area contributed by atoms with Gasteiger partial charge >= 0.3 is 0 Å². The monoisotopic (exact) mass is 192 g/mol. The third-order valence-electron chi connectivity index (χ3n) is 1.62. The van der Waals surface area contributed by atoms with E-state index in [9.17, 15) is 0 Å². The molecular weight excluding hydrogens is 184 g/mol. The summed E-state index contributed by atoms with van der Waals surface area (Å²) in [7, 11) is 0. The highest BCUT2D eigenvalue weighted by Gasteiger charge is 1.94. The molecule has 0 bridgehead atoms. The van der Waals surface area contributed by atoms with Crippen molar-refractivity contribution >= 4 is 17.6 Å². The molecule has 5 heteroatoms. The predicted molar refractivity (Wildman–Crippen MR) is 52.1 cm³/mol. The summed E-state index contributed by atoms with van der Waals surface area (Å²) in [5.74, 6) is 0. The van der Waals surface area contributed by atoms with E-state index in [1.807, 2.05) is 11.6 Å². The van der Waals surface area contributed by atoms with Gasteiger partial charge in [0.05, 0.1) is 11.1 Å². The van der Waals surface area contributed by atoms with Gasteiger partial charge in [-0.3, -0.25) is 0 Å². The van der Waals surface area contributed by atoms with Gasteiger partial charge in [-0.05, 0) is 23.9 Å². The summed E-state index contributed by atoms with van der Waals surface area (Å²) in [5, 5.41) is 13.5. The Kier molecular flexibility index (Phi) is 2.18. The predicted octanol–water partition coefficient (Wildman–Crippen LogP) is 1.53. The van der Waals surface area contributed by atoms with Gasteiger partial charge in [0.25, 0.3) is 0 Å². The van der Waals surface area contributed by atoms with E-state index in [-0.39, 0.29) is 0 Å². The zero-order chi connectivity index (χ0) is 9.10. The van der Waals surface area contributed by atoms with Crippen LogP contribution in [0.3, 0.4) is 0 Å². The molecule has 0 aliphatic carbocycles. The molecule has 2 aromatic heterocycles. The standard InChI is InChI=1S/C8H8N4S/c1-7-2-3-13-8(7)4-11-12-5-9-10-6-12/h2-6H,1H3/b11-4-. The lowest BCUT2D eigenvalue weighted by Gasteiger charge is -1.89. The summed E-state index contributed by atoms with van der Waals surface area (Å²) < 4.78 is 1.57. The van der Waals surface area contributed by atoms with E-state index in [0.717, 1.165) is 4.88 Å². The largest absolute Gasteiger partial charge is 0.208 e. The van der Waals surface area contributed by atoms with Gasteiger partial charge in [0, 0.05) is 0 Å². The van der Waals surface area contributed by atoms with Crippen molar-refractivity contribution in [1.82, 2.24) is 14.9 Å². The third-order valence-corrected chi connectivity index (χ3v) is 2.57. The van der Waals surface area contributed by atoms with Crippen LogP contribution >= 0.6 is 11.3 Å². The summed E-state index contributed by atoms with van der Waals surface area (Å²) in [6, 6.07) is 2.07. The van der Waals surface area contributed by atoms with Crippen LogP contribution in [0.1, 0.15) is 10.4 Å². The summed E-state index contributed by atoms with van der Waals surface area (Å²) in [5.41, 5.74) is 1.24. The fourth-order valence-electron chi connectivity index (χ4n) is 0.891. The maximum Gasteiger partial charge on any atom is 0.141 e. The van der Waals surface area contributed by atoms with Crippen molar-refractivity contribution in [2.24, 2.45) is 5.10 Å². The topological polar surface area (TPSA) is 43.1 Å². The minimum absolute atomic E-state index is 1.16. The van der Waals surface area contributed by atoms with Crippen molar-refractivity contribution in [3.05, 3.63) is 34.5 Å². The molecule has 2 rings (SSSR count). The Bertz CT molecular complexity index is 401. The molecule has 0 atom stereocenters. The number of aromatic nitrogens is 3. The number of thiophene rings is 1. The highest BCUT2D eigenvalue weighted by atomic mass is 32.1. The molecule has 0 saturated heterocycles. The molecule has 2 heterocycles. The molecule has 4 nitrogen and oxygen atoms in total. The molecule has 0 amide bonds. The lowest BCUT2D eigenvalue weighted by Crippen LogP contribution is -1.85. The number of nitrogens with zero attached hydrogens (tertiary/aromatic N) is 4. The molecule has 0 radical (unpaired) electrons. The maximum atomic E-state index is 4.15. The van der Waals surface area contributed by atoms with Gasteiger partial charge < -0.3 is 0 Å². The molecule has 0 aliphatic rings. The quantitative estimate of drug-likeness (QED) is 0.677. The van der Waals surface area contributed by atoms with Crippen molar-refractivity contribution in [2.45, 2.75) is 6.92 Å². The van der Waals surface area contributed by atoms with E-state index in [1.54, 1.807) is 28.7 Å². The lowest BCUT2D eigenvalue weighted by molar-refractivity contribution is 0.878. The first-order valence-electron chi connectivity index (χ1n) is 3.79. The van der Waals surface area contributed by atoms with E-state index in [1.165, 1.54) is 5.56 Å². The van der Waals surface area contributed by atoms with Crippen LogP contribution in [0.15, 0.2) is 29.2 Å². The van der Waals surface area contributed by atoms with Crippen LogP contribution in [-0.2, 0) is 0 Å². The van der Waals surface area contributed by atoms with E-state index in [2.05, 4.69) is 28.3 Å². The fraction of sp³-hybridized carbons (Fsp3) is 0.125. The Balaban J connectivity index is 2.19. The summed E-state index contributed by atoms with van der Waals surface area (Å²) >= 11 is 1.67. The van der Waals surface area contributed by atoms with Crippen molar-refractivity contribution in [2.75, 3.05) is 0 Å². The SMILES string of the molecule is Cc1ccsc1/C=N\n1cnnc1. The zero-order valence-corrected chi connectivity index (χ0v) is 7.90. The van der Waals surface area contributed by atoms with Crippen LogP contribution in [0.4, 0.5) is 0 Å². The number of hydrogen-bond donors (Lipinski definition) is 0. The lowest BCUT2D eigenvalue weighted by atomic mass is 10.3. The highest BCUT2D eigenvalue weighted by Crippen LogP contribution is 2.12. The Morgan fingerprint density at radius 2 is 2.23 bits per heavy atom. The van der Waals surface area contributed by atoms with Crippen LogP contribution in [0.2, 0.25) is 0 Å². The minimum Gasteiger partial charge on any atom is -0.208 e. The number of rotatable bonds is 2. The molecule has 13 heavy (non-hydrogen) atoms. The van der Waals surface area contributed by atoms with Gasteiger partial charge in [0.15, 0.2) is 0 Å². The van der Waals surface area contributed by atoms with Gasteiger partial charge in [0.1, 0.15) is 12.7 Å². The van der Waals surface area contributed by atoms with Crippen LogP contribution < -0.4 is 0 Å². The van der Waals surface area contributed by atoms with Crippen LogP contribution in [0, 0.1) is 6.92 Å². The minimum atomic E-state index is 1.16. The van der Waals surface area contributed by atoms with Crippen molar-refractivity contribution in [3.8, 4) is 0 Å². The Hall–Kier alpha value is -1.49. The van der Waals surface area contributed by atoms with Crippen LogP contribution in [0.25, 0.3) is 0 Å². The molecule has 0 fully saturated rings. The van der Waals surface area contributed by atoms with Crippen LogP contribution in [-0.4, -0.2) is 21.1 Å². The first-order valence-corrected chi connectivity index (χ1v) is 4.67. The maximum absolute atomic E-state index is 4.15. The molecule has 0 aromatic carbocycles. The number of aryl methyl sites for hydroxylation is 1. The second-order valence-corrected chi connectivity index (χ2v) is 3.50. The third kappa shape index (κ3) is 1.81. The normalized spacial score (nSPS) is 11.2. The molecule has 0 spiro atoms. The highest BCUT2D eigenvalue weighted by molar-refractivity contribution is 7.11. The fourth-order valence-corrected chi connectivity index (χ4v) is 1.67. The van der Waals surface area contributed by atoms with Gasteiger partial charge in [-0.2, -0.15) is 5.10 Å². The molecule has 0 aliphatic heterocycles. The van der Waals surface area contributed by atoms with E-state index < -0.39 is 0 Å². The molecule has 2 aromatic rings. The van der Waals surface area contributed by atoms with Gasteiger partial charge in [0.2, 0.25) is 0 Å². The average Bonchev–Trinajstić information content (AvgIpc) is 2.72. The van der Waals surface area contributed by atoms with E-state index in [4.69, 9.17) is 0 Å². The van der Waals surface area contributed by atoms with E-state index >= 15 is 0 Å². The second kappa shape index (κ2) is 3.49. The molecule has 0 saturated carbocycles. The Labute approximate surface area is 79.6 Å². The second-order valence-electron chi connectivity index (χ2n) is 2.55. The summed E-state index contributed by atoms with van der Waals surface area (Å²) in [6.45, 7) is 2.06. The Morgan fingerprint density at radius 1 is 1.46 bits per heavy atom. The van der Waals surface area contributed by atoms with Crippen LogP contribution in [0.5, 0.6) is 0 Å². The first-order chi connectivity index (χ1) is 6.36. The van der Waals surface area contributed by atoms with Gasteiger partial charge in [-0.15, -0.1) is 21.5 Å². The first kappa shape index (κ1) is 8.12. The molecule has 0 N–H and O–H groups in total. The van der Waals surface area contributed by atoms with Crippen molar-refractivity contribution in [3.63, 3.8) is 0 Å². The molecule has 66 valence electrons. The average molecular weight is 192 g/mol. The molecular formula is C8H8N4S. The summed E-state index contributed by atoms with van der Waals surface area (Å²) in [4.78, 5) is 1.16. The number of hydrogen-bond acceptors (Lipinski definition) is 4. The van der Waals surface area contributed by atoms with Gasteiger partial charge in [-0.25, -0.2) is 4.68 Å². The van der Waals surface area contributed by atoms with Crippen molar-refractivity contribution in [1.29, 1.82) is 0 Å². The molecule has 0 unspecified atom stereocenters. The van der Waals surface area contributed by atoms with Crippen molar-refractivity contribution < 1.29 is 0 Å². The van der Waals surface area contributed by atoms with Gasteiger partial charge in [-0.1, -0.05) is 0 Å². The summed E-state index contributed by atoms with van der Waals surface area (Å²) in [6.07, 6.45) is 4.92. The zero-order valence-electron chi connectivity index (χ0n) is 7.08. The van der Waals surface area contributed by atoms with E-state index in [0.29, 0.717) is 0 Å². The Morgan fingerprint density at radius 3 is 2.85 bits per heavy atom.